The molecular weight excluding hydrogens is 448 g/mol. The highest BCUT2D eigenvalue weighted by atomic mass is 16.5. The van der Waals surface area contributed by atoms with Crippen molar-refractivity contribution in [2.75, 3.05) is 6.54 Å². The second-order valence-corrected chi connectivity index (χ2v) is 9.28. The molecule has 1 aliphatic heterocycles. The smallest absolute Gasteiger partial charge is 0.408 e. The topological polar surface area (TPSA) is 126 Å². The fourth-order valence-corrected chi connectivity index (χ4v) is 4.71. The number of rotatable bonds is 11. The number of alkyl carbamates (subject to hydrolysis) is 1. The molecule has 0 spiro atoms. The summed E-state index contributed by atoms with van der Waals surface area (Å²) >= 11 is 0. The average molecular weight is 485 g/mol. The van der Waals surface area contributed by atoms with Crippen molar-refractivity contribution in [2.24, 2.45) is 11.8 Å². The molecule has 3 atom stereocenters. The normalized spacial score (nSPS) is 19.7. The third kappa shape index (κ3) is 8.73. The molecule has 1 aromatic carbocycles. The van der Waals surface area contributed by atoms with Crippen LogP contribution in [0.1, 0.15) is 56.9 Å². The van der Waals surface area contributed by atoms with Gasteiger partial charge in [0.25, 0.3) is 0 Å². The Morgan fingerprint density at radius 2 is 1.77 bits per heavy atom. The van der Waals surface area contributed by atoms with Crippen LogP contribution in [0.3, 0.4) is 0 Å². The molecule has 1 heterocycles. The summed E-state index contributed by atoms with van der Waals surface area (Å²) in [6.07, 6.45) is 6.44. The molecule has 1 saturated heterocycles. The van der Waals surface area contributed by atoms with Gasteiger partial charge in [-0.15, -0.1) is 0 Å². The van der Waals surface area contributed by atoms with Crippen LogP contribution in [0.25, 0.3) is 0 Å². The summed E-state index contributed by atoms with van der Waals surface area (Å²) in [6.45, 7) is 4.12. The Morgan fingerprint density at radius 1 is 1.03 bits per heavy atom. The van der Waals surface area contributed by atoms with Crippen molar-refractivity contribution in [2.45, 2.75) is 70.2 Å². The zero-order valence-electron chi connectivity index (χ0n) is 20.1. The second kappa shape index (κ2) is 13.5. The maximum atomic E-state index is 13.3. The van der Waals surface area contributed by atoms with E-state index in [4.69, 9.17) is 4.74 Å². The van der Waals surface area contributed by atoms with Gasteiger partial charge >= 0.3 is 6.09 Å². The van der Waals surface area contributed by atoms with Crippen LogP contribution in [0, 0.1) is 11.8 Å². The van der Waals surface area contributed by atoms with Gasteiger partial charge in [-0.3, -0.25) is 14.4 Å². The van der Waals surface area contributed by atoms with Crippen LogP contribution in [0.15, 0.2) is 43.0 Å². The highest BCUT2D eigenvalue weighted by Crippen LogP contribution is 2.27. The Balaban J connectivity index is 1.64. The van der Waals surface area contributed by atoms with Crippen molar-refractivity contribution < 1.29 is 23.9 Å². The predicted molar refractivity (Wildman–Crippen MR) is 131 cm³/mol. The number of hydrogen-bond acceptors (Lipinski definition) is 5. The maximum absolute atomic E-state index is 13.3. The van der Waals surface area contributed by atoms with Crippen LogP contribution in [-0.4, -0.2) is 42.6 Å². The molecule has 190 valence electrons. The van der Waals surface area contributed by atoms with Crippen LogP contribution < -0.4 is 21.3 Å². The number of carbonyl (C=O) groups excluding carboxylic acids is 4. The number of benzene rings is 1. The van der Waals surface area contributed by atoms with Crippen molar-refractivity contribution in [1.29, 1.82) is 0 Å². The summed E-state index contributed by atoms with van der Waals surface area (Å²) in [5, 5.41) is 11.0. The maximum Gasteiger partial charge on any atom is 0.408 e. The summed E-state index contributed by atoms with van der Waals surface area (Å²) in [5.41, 5.74) is 0.845. The minimum absolute atomic E-state index is 0.0965. The van der Waals surface area contributed by atoms with Gasteiger partial charge in [0.2, 0.25) is 17.7 Å². The lowest BCUT2D eigenvalue weighted by molar-refractivity contribution is -0.127. The second-order valence-electron chi connectivity index (χ2n) is 9.28. The summed E-state index contributed by atoms with van der Waals surface area (Å²) in [7, 11) is 0. The van der Waals surface area contributed by atoms with Gasteiger partial charge in [0.05, 0.1) is 0 Å². The van der Waals surface area contributed by atoms with E-state index >= 15 is 0 Å². The Morgan fingerprint density at radius 3 is 2.43 bits per heavy atom. The van der Waals surface area contributed by atoms with E-state index in [0.717, 1.165) is 37.3 Å². The van der Waals surface area contributed by atoms with Crippen molar-refractivity contribution in [3.63, 3.8) is 0 Å². The zero-order valence-corrected chi connectivity index (χ0v) is 20.1. The van der Waals surface area contributed by atoms with E-state index in [1.807, 2.05) is 30.3 Å². The van der Waals surface area contributed by atoms with Crippen LogP contribution in [0.5, 0.6) is 0 Å². The van der Waals surface area contributed by atoms with Gasteiger partial charge in [-0.1, -0.05) is 69.0 Å². The summed E-state index contributed by atoms with van der Waals surface area (Å²) in [5.74, 6) is -0.965. The monoisotopic (exact) mass is 484 g/mol. The summed E-state index contributed by atoms with van der Waals surface area (Å²) in [4.78, 5) is 49.9. The van der Waals surface area contributed by atoms with E-state index in [9.17, 15) is 19.2 Å². The first kappa shape index (κ1) is 26.2. The third-order valence-electron chi connectivity index (χ3n) is 6.62. The molecule has 0 aromatic heterocycles. The molecule has 2 aliphatic rings. The van der Waals surface area contributed by atoms with Gasteiger partial charge in [-0.05, 0) is 36.8 Å². The highest BCUT2D eigenvalue weighted by Gasteiger charge is 2.31. The fraction of sp³-hybridized carbons (Fsp3) is 0.538. The molecule has 3 rings (SSSR count). The molecule has 0 bridgehead atoms. The summed E-state index contributed by atoms with van der Waals surface area (Å²) < 4.78 is 5.34. The number of nitrogens with one attached hydrogen (secondary N) is 4. The fourth-order valence-electron chi connectivity index (χ4n) is 4.71. The van der Waals surface area contributed by atoms with Crippen molar-refractivity contribution >= 4 is 23.8 Å². The molecule has 1 saturated carbocycles. The SMILES string of the molecule is C=CC(=O)N[C@H](C[C@@H]1CCNC1=O)NC(=O)[C@H](CC1CCCCC1)NC(=O)OCc1ccccc1. The predicted octanol–water partition coefficient (Wildman–Crippen LogP) is 2.52. The average Bonchev–Trinajstić information content (AvgIpc) is 3.27. The molecule has 4 N–H and O–H groups in total. The zero-order chi connectivity index (χ0) is 25.0. The number of hydrogen-bond donors (Lipinski definition) is 4. The lowest BCUT2D eigenvalue weighted by atomic mass is 9.84. The van der Waals surface area contributed by atoms with Crippen LogP contribution >= 0.6 is 0 Å². The molecule has 35 heavy (non-hydrogen) atoms. The van der Waals surface area contributed by atoms with Crippen molar-refractivity contribution in [1.82, 2.24) is 21.3 Å². The van der Waals surface area contributed by atoms with E-state index in [-0.39, 0.29) is 24.9 Å². The molecule has 0 unspecified atom stereocenters. The highest BCUT2D eigenvalue weighted by molar-refractivity contribution is 5.89. The molecule has 9 heteroatoms. The van der Waals surface area contributed by atoms with Gasteiger partial charge in [-0.2, -0.15) is 0 Å². The van der Waals surface area contributed by atoms with Crippen LogP contribution in [0.4, 0.5) is 4.79 Å². The van der Waals surface area contributed by atoms with Gasteiger partial charge in [0, 0.05) is 12.5 Å². The van der Waals surface area contributed by atoms with Gasteiger partial charge < -0.3 is 26.0 Å². The van der Waals surface area contributed by atoms with E-state index in [2.05, 4.69) is 27.8 Å². The van der Waals surface area contributed by atoms with E-state index in [1.54, 1.807) is 0 Å². The molecule has 1 aromatic rings. The van der Waals surface area contributed by atoms with Gasteiger partial charge in [0.15, 0.2) is 0 Å². The Hall–Kier alpha value is -3.36. The molecule has 4 amide bonds. The minimum Gasteiger partial charge on any atom is -0.445 e. The largest absolute Gasteiger partial charge is 0.445 e. The van der Waals surface area contributed by atoms with Crippen molar-refractivity contribution in [3.8, 4) is 0 Å². The number of carbonyl (C=O) groups is 4. The first-order valence-corrected chi connectivity index (χ1v) is 12.4. The van der Waals surface area contributed by atoms with Crippen LogP contribution in [0.2, 0.25) is 0 Å². The quantitative estimate of drug-likeness (QED) is 0.284. The Labute approximate surface area is 206 Å². The van der Waals surface area contributed by atoms with E-state index in [0.29, 0.717) is 25.3 Å². The summed E-state index contributed by atoms with van der Waals surface area (Å²) in [6, 6.07) is 8.49. The number of ether oxygens (including phenoxy) is 1. The van der Waals surface area contributed by atoms with Gasteiger partial charge in [0.1, 0.15) is 18.8 Å². The first-order valence-electron chi connectivity index (χ1n) is 12.4. The molecule has 2 fully saturated rings. The Bertz CT molecular complexity index is 885. The van der Waals surface area contributed by atoms with Gasteiger partial charge in [-0.25, -0.2) is 4.79 Å². The lowest BCUT2D eigenvalue weighted by Crippen LogP contribution is -2.55. The van der Waals surface area contributed by atoms with Crippen molar-refractivity contribution in [3.05, 3.63) is 48.6 Å². The molecule has 0 radical (unpaired) electrons. The van der Waals surface area contributed by atoms with Crippen LogP contribution in [-0.2, 0) is 25.7 Å². The molecule has 1 aliphatic carbocycles. The lowest BCUT2D eigenvalue weighted by Gasteiger charge is -2.28. The van der Waals surface area contributed by atoms with E-state index in [1.165, 1.54) is 6.42 Å². The molecular formula is C26H36N4O5. The number of amides is 4. The van der Waals surface area contributed by atoms with E-state index < -0.39 is 30.1 Å². The first-order chi connectivity index (χ1) is 16.9. The standard InChI is InChI=1S/C26H36N4O5/c1-2-23(31)29-22(16-20-13-14-27-24(20)32)30-25(33)21(15-18-9-5-3-6-10-18)28-26(34)35-17-19-11-7-4-8-12-19/h2,4,7-8,11-12,18,20-22H,1,3,5-6,9-10,13-17H2,(H,27,32)(H,28,34)(H,29,31)(H,30,33)/t20-,21-,22-/m0/s1. The molecule has 9 nitrogen and oxygen atoms in total. The minimum atomic E-state index is -0.818. The third-order valence-corrected chi connectivity index (χ3v) is 6.62. The Kier molecular flexibility index (Phi) is 10.1.